The first kappa shape index (κ1) is 14.7. The molecule has 1 aliphatic heterocycles. The number of halogens is 1. The fourth-order valence-corrected chi connectivity index (χ4v) is 5.02. The Kier molecular flexibility index (Phi) is 3.90. The first-order valence-electron chi connectivity index (χ1n) is 6.77. The summed E-state index contributed by atoms with van der Waals surface area (Å²) in [6, 6.07) is 7.73. The standard InChI is InChI=1S/C14H16BrN3O2S/c1-10-14(9-16-17-10)21(19,20)18-7-3-6-13(18)11-4-2-5-12(15)8-11/h2,4-5,8-9,13H,3,6-7H2,1H3,(H,16,17). The number of sulfonamides is 1. The summed E-state index contributed by atoms with van der Waals surface area (Å²) in [5.74, 6) is 0. The van der Waals surface area contributed by atoms with E-state index in [1.54, 1.807) is 11.2 Å². The van der Waals surface area contributed by atoms with Crippen molar-refractivity contribution in [2.75, 3.05) is 6.54 Å². The molecule has 2 aromatic rings. The lowest BCUT2D eigenvalue weighted by Crippen LogP contribution is -2.30. The van der Waals surface area contributed by atoms with E-state index in [0.717, 1.165) is 22.9 Å². The molecule has 3 rings (SSSR count). The van der Waals surface area contributed by atoms with Crippen molar-refractivity contribution in [2.45, 2.75) is 30.7 Å². The smallest absolute Gasteiger partial charge is 0.247 e. The number of aromatic amines is 1. The Morgan fingerprint density at radius 3 is 2.90 bits per heavy atom. The van der Waals surface area contributed by atoms with Gasteiger partial charge in [-0.25, -0.2) is 8.42 Å². The molecule has 0 amide bonds. The molecule has 0 bridgehead atoms. The summed E-state index contributed by atoms with van der Waals surface area (Å²) in [7, 11) is -3.51. The molecular formula is C14H16BrN3O2S. The van der Waals surface area contributed by atoms with Crippen LogP contribution in [0.5, 0.6) is 0 Å². The number of aryl methyl sites for hydroxylation is 1. The van der Waals surface area contributed by atoms with Crippen LogP contribution in [0.2, 0.25) is 0 Å². The Balaban J connectivity index is 2.00. The second-order valence-electron chi connectivity index (χ2n) is 5.19. The van der Waals surface area contributed by atoms with Crippen LogP contribution in [-0.4, -0.2) is 29.5 Å². The van der Waals surface area contributed by atoms with Gasteiger partial charge in [-0.1, -0.05) is 28.1 Å². The van der Waals surface area contributed by atoms with Crippen LogP contribution in [0.15, 0.2) is 39.8 Å². The highest BCUT2D eigenvalue weighted by molar-refractivity contribution is 9.10. The molecule has 0 spiro atoms. The van der Waals surface area contributed by atoms with Crippen molar-refractivity contribution in [2.24, 2.45) is 0 Å². The third-order valence-corrected chi connectivity index (χ3v) is 6.32. The van der Waals surface area contributed by atoms with Crippen LogP contribution >= 0.6 is 15.9 Å². The van der Waals surface area contributed by atoms with Crippen molar-refractivity contribution in [3.05, 3.63) is 46.2 Å². The second kappa shape index (κ2) is 5.55. The molecule has 5 nitrogen and oxygen atoms in total. The maximum absolute atomic E-state index is 12.8. The first-order chi connectivity index (χ1) is 10.00. The molecule has 0 aliphatic carbocycles. The minimum atomic E-state index is -3.51. The Morgan fingerprint density at radius 2 is 2.24 bits per heavy atom. The van der Waals surface area contributed by atoms with Crippen LogP contribution in [0.1, 0.15) is 30.1 Å². The molecule has 1 N–H and O–H groups in total. The summed E-state index contributed by atoms with van der Waals surface area (Å²) in [4.78, 5) is 0.268. The average Bonchev–Trinajstić information content (AvgIpc) is 3.07. The lowest BCUT2D eigenvalue weighted by molar-refractivity contribution is 0.396. The van der Waals surface area contributed by atoms with E-state index in [2.05, 4.69) is 26.1 Å². The lowest BCUT2D eigenvalue weighted by Gasteiger charge is -2.24. The zero-order valence-corrected chi connectivity index (χ0v) is 14.0. The summed E-state index contributed by atoms with van der Waals surface area (Å²) in [6.45, 7) is 2.27. The summed E-state index contributed by atoms with van der Waals surface area (Å²) < 4.78 is 28.2. The minimum Gasteiger partial charge on any atom is -0.281 e. The molecule has 2 heterocycles. The summed E-state index contributed by atoms with van der Waals surface area (Å²) >= 11 is 3.45. The van der Waals surface area contributed by atoms with E-state index in [0.29, 0.717) is 12.2 Å². The fraction of sp³-hybridized carbons (Fsp3) is 0.357. The maximum Gasteiger partial charge on any atom is 0.247 e. The van der Waals surface area contributed by atoms with Crippen LogP contribution < -0.4 is 0 Å². The van der Waals surface area contributed by atoms with Crippen LogP contribution in [-0.2, 0) is 10.0 Å². The van der Waals surface area contributed by atoms with Gasteiger partial charge in [0, 0.05) is 11.0 Å². The molecule has 1 aliphatic rings. The Morgan fingerprint density at radius 1 is 1.43 bits per heavy atom. The largest absolute Gasteiger partial charge is 0.281 e. The number of hydrogen-bond donors (Lipinski definition) is 1. The highest BCUT2D eigenvalue weighted by Gasteiger charge is 2.37. The molecule has 0 saturated carbocycles. The van der Waals surface area contributed by atoms with Gasteiger partial charge >= 0.3 is 0 Å². The monoisotopic (exact) mass is 369 g/mol. The molecule has 1 fully saturated rings. The third kappa shape index (κ3) is 2.65. The van der Waals surface area contributed by atoms with Gasteiger partial charge in [-0.15, -0.1) is 0 Å². The Hall–Kier alpha value is -1.18. The topological polar surface area (TPSA) is 66.1 Å². The zero-order valence-electron chi connectivity index (χ0n) is 11.6. The number of benzene rings is 1. The number of H-pyrrole nitrogens is 1. The maximum atomic E-state index is 12.8. The summed E-state index contributed by atoms with van der Waals surface area (Å²) in [5.41, 5.74) is 1.60. The van der Waals surface area contributed by atoms with Crippen molar-refractivity contribution in [3.63, 3.8) is 0 Å². The normalized spacial score (nSPS) is 20.0. The third-order valence-electron chi connectivity index (χ3n) is 3.81. The molecular weight excluding hydrogens is 354 g/mol. The first-order valence-corrected chi connectivity index (χ1v) is 9.01. The number of hydrogen-bond acceptors (Lipinski definition) is 3. The fourth-order valence-electron chi connectivity index (χ4n) is 2.80. The van der Waals surface area contributed by atoms with Crippen LogP contribution in [0, 0.1) is 6.92 Å². The van der Waals surface area contributed by atoms with Gasteiger partial charge < -0.3 is 0 Å². The van der Waals surface area contributed by atoms with E-state index in [4.69, 9.17) is 0 Å². The summed E-state index contributed by atoms with van der Waals surface area (Å²) in [5, 5.41) is 6.53. The van der Waals surface area contributed by atoms with Crippen LogP contribution in [0.3, 0.4) is 0 Å². The van der Waals surface area contributed by atoms with Crippen molar-refractivity contribution < 1.29 is 8.42 Å². The number of nitrogens with one attached hydrogen (secondary N) is 1. The number of aromatic nitrogens is 2. The quantitative estimate of drug-likeness (QED) is 0.903. The summed E-state index contributed by atoms with van der Waals surface area (Å²) in [6.07, 6.45) is 3.10. The van der Waals surface area contributed by atoms with Gasteiger partial charge in [0.25, 0.3) is 0 Å². The van der Waals surface area contributed by atoms with Gasteiger partial charge in [-0.05, 0) is 37.5 Å². The molecule has 1 aromatic heterocycles. The average molecular weight is 370 g/mol. The van der Waals surface area contributed by atoms with E-state index in [1.807, 2.05) is 24.3 Å². The molecule has 0 radical (unpaired) electrons. The zero-order chi connectivity index (χ0) is 15.0. The van der Waals surface area contributed by atoms with Crippen molar-refractivity contribution in [3.8, 4) is 0 Å². The number of rotatable bonds is 3. The molecule has 1 unspecified atom stereocenters. The van der Waals surface area contributed by atoms with Gasteiger partial charge in [0.2, 0.25) is 10.0 Å². The Bertz CT molecular complexity index is 757. The minimum absolute atomic E-state index is 0.109. The Labute approximate surface area is 132 Å². The van der Waals surface area contributed by atoms with E-state index < -0.39 is 10.0 Å². The molecule has 7 heteroatoms. The van der Waals surface area contributed by atoms with Gasteiger partial charge in [-0.3, -0.25) is 5.10 Å². The van der Waals surface area contributed by atoms with E-state index in [-0.39, 0.29) is 10.9 Å². The predicted molar refractivity (Wildman–Crippen MR) is 83.3 cm³/mol. The van der Waals surface area contributed by atoms with Crippen LogP contribution in [0.25, 0.3) is 0 Å². The molecule has 21 heavy (non-hydrogen) atoms. The van der Waals surface area contributed by atoms with Crippen molar-refractivity contribution in [1.82, 2.24) is 14.5 Å². The van der Waals surface area contributed by atoms with E-state index in [9.17, 15) is 8.42 Å². The number of nitrogens with zero attached hydrogens (tertiary/aromatic N) is 2. The van der Waals surface area contributed by atoms with Gasteiger partial charge in [0.15, 0.2) is 0 Å². The van der Waals surface area contributed by atoms with Crippen molar-refractivity contribution in [1.29, 1.82) is 0 Å². The lowest BCUT2D eigenvalue weighted by atomic mass is 10.1. The predicted octanol–water partition coefficient (Wildman–Crippen LogP) is 3.01. The van der Waals surface area contributed by atoms with E-state index in [1.165, 1.54) is 6.20 Å². The highest BCUT2D eigenvalue weighted by Crippen LogP contribution is 2.37. The second-order valence-corrected chi connectivity index (χ2v) is 7.96. The van der Waals surface area contributed by atoms with E-state index >= 15 is 0 Å². The van der Waals surface area contributed by atoms with Crippen LogP contribution in [0.4, 0.5) is 0 Å². The molecule has 1 atom stereocenters. The van der Waals surface area contributed by atoms with Gasteiger partial charge in [0.1, 0.15) is 4.90 Å². The molecule has 1 aromatic carbocycles. The highest BCUT2D eigenvalue weighted by atomic mass is 79.9. The SMILES string of the molecule is Cc1[nH]ncc1S(=O)(=O)N1CCCC1c1cccc(Br)c1. The van der Waals surface area contributed by atoms with Gasteiger partial charge in [-0.2, -0.15) is 9.40 Å². The van der Waals surface area contributed by atoms with Crippen molar-refractivity contribution >= 4 is 26.0 Å². The molecule has 112 valence electrons. The molecule has 1 saturated heterocycles. The van der Waals surface area contributed by atoms with Gasteiger partial charge in [0.05, 0.1) is 17.9 Å².